The smallest absolute Gasteiger partial charge is 0.407 e. The molecule has 0 aromatic heterocycles. The number of hydrogen-bond acceptors (Lipinski definition) is 5. The number of nitrogens with one attached hydrogen (secondary N) is 4. The number of guanidine groups is 1. The normalized spacial score (nSPS) is 11.1. The Hall–Kier alpha value is -2.24. The van der Waals surface area contributed by atoms with E-state index in [4.69, 9.17) is 4.74 Å². The number of phenols is 1. The predicted molar refractivity (Wildman–Crippen MR) is 129 cm³/mol. The molecule has 0 aliphatic heterocycles. The van der Waals surface area contributed by atoms with E-state index < -0.39 is 11.7 Å². The second-order valence-corrected chi connectivity index (χ2v) is 7.24. The average molecular weight is 535 g/mol. The number of para-hydroxylation sites is 1. The monoisotopic (exact) mass is 535 g/mol. The fraction of sp³-hybridized carbons (Fsp3) is 0.550. The van der Waals surface area contributed by atoms with Crippen LogP contribution in [0.15, 0.2) is 29.3 Å². The first-order valence-electron chi connectivity index (χ1n) is 9.78. The van der Waals surface area contributed by atoms with Crippen molar-refractivity contribution in [1.29, 1.82) is 0 Å². The third-order valence-corrected chi connectivity index (χ3v) is 3.47. The van der Waals surface area contributed by atoms with E-state index in [0.29, 0.717) is 45.1 Å². The first-order valence-corrected chi connectivity index (χ1v) is 9.78. The van der Waals surface area contributed by atoms with Gasteiger partial charge < -0.3 is 31.1 Å². The third kappa shape index (κ3) is 12.3. The average Bonchev–Trinajstić information content (AvgIpc) is 2.63. The second-order valence-electron chi connectivity index (χ2n) is 7.24. The highest BCUT2D eigenvalue weighted by Crippen LogP contribution is 2.14. The van der Waals surface area contributed by atoms with Crippen molar-refractivity contribution >= 4 is 41.9 Å². The van der Waals surface area contributed by atoms with Gasteiger partial charge in [0.1, 0.15) is 11.4 Å². The summed E-state index contributed by atoms with van der Waals surface area (Å²) in [6.07, 6.45) is 0.228. The van der Waals surface area contributed by atoms with Crippen molar-refractivity contribution in [2.24, 2.45) is 4.99 Å². The zero-order valence-electron chi connectivity index (χ0n) is 18.1. The molecule has 0 atom stereocenters. The van der Waals surface area contributed by atoms with E-state index >= 15 is 0 Å². The van der Waals surface area contributed by atoms with Gasteiger partial charge in [-0.3, -0.25) is 9.79 Å². The van der Waals surface area contributed by atoms with Crippen molar-refractivity contribution < 1.29 is 19.4 Å². The van der Waals surface area contributed by atoms with Crippen molar-refractivity contribution in [1.82, 2.24) is 21.3 Å². The van der Waals surface area contributed by atoms with Crippen molar-refractivity contribution in [2.75, 3.05) is 32.7 Å². The van der Waals surface area contributed by atoms with Crippen molar-refractivity contribution in [3.8, 4) is 5.75 Å². The van der Waals surface area contributed by atoms with Crippen molar-refractivity contribution in [3.63, 3.8) is 0 Å². The maximum atomic E-state index is 12.0. The first kappa shape index (κ1) is 27.8. The van der Waals surface area contributed by atoms with Gasteiger partial charge in [-0.1, -0.05) is 12.1 Å². The summed E-state index contributed by atoms with van der Waals surface area (Å²) in [6, 6.07) is 6.39. The molecule has 0 aliphatic carbocycles. The number of ether oxygens (including phenoxy) is 1. The van der Waals surface area contributed by atoms with E-state index in [1.165, 1.54) is 6.07 Å². The van der Waals surface area contributed by atoms with Crippen molar-refractivity contribution in [3.05, 3.63) is 29.8 Å². The highest BCUT2D eigenvalue weighted by molar-refractivity contribution is 14.0. The second kappa shape index (κ2) is 14.7. The van der Waals surface area contributed by atoms with Crippen LogP contribution in [0.1, 0.15) is 44.5 Å². The number of nitrogens with zero attached hydrogens (tertiary/aromatic N) is 1. The summed E-state index contributed by atoms with van der Waals surface area (Å²) in [5, 5.41) is 21.4. The predicted octanol–water partition coefficient (Wildman–Crippen LogP) is 2.21. The molecule has 1 rings (SSSR count). The molecular formula is C20H34IN5O4. The Morgan fingerprint density at radius 1 is 1.03 bits per heavy atom. The van der Waals surface area contributed by atoms with Gasteiger partial charge in [-0.25, -0.2) is 4.79 Å². The van der Waals surface area contributed by atoms with E-state index in [1.807, 2.05) is 27.7 Å². The minimum Gasteiger partial charge on any atom is -0.507 e. The number of amides is 2. The molecule has 0 spiro atoms. The van der Waals surface area contributed by atoms with E-state index in [9.17, 15) is 14.7 Å². The van der Waals surface area contributed by atoms with Gasteiger partial charge in [-0.15, -0.1) is 24.0 Å². The number of carbonyl (C=O) groups excluding carboxylic acids is 2. The lowest BCUT2D eigenvalue weighted by Gasteiger charge is -2.19. The van der Waals surface area contributed by atoms with Crippen molar-refractivity contribution in [2.45, 2.75) is 39.7 Å². The van der Waals surface area contributed by atoms with E-state index in [1.54, 1.807) is 18.2 Å². The van der Waals surface area contributed by atoms with Crippen LogP contribution in [0.2, 0.25) is 0 Å². The summed E-state index contributed by atoms with van der Waals surface area (Å²) in [7, 11) is 0. The maximum absolute atomic E-state index is 12.0. The van der Waals surface area contributed by atoms with Crippen LogP contribution >= 0.6 is 24.0 Å². The van der Waals surface area contributed by atoms with Gasteiger partial charge in [0.25, 0.3) is 5.91 Å². The molecule has 0 saturated heterocycles. The Labute approximate surface area is 195 Å². The number of rotatable bonds is 9. The Balaban J connectivity index is 0.00000841. The van der Waals surface area contributed by atoms with Crippen LogP contribution in [-0.4, -0.2) is 61.4 Å². The number of phenolic OH excluding ortho intramolecular Hbond substituents is 1. The number of hydrogen-bond donors (Lipinski definition) is 5. The van der Waals surface area contributed by atoms with Gasteiger partial charge in [-0.2, -0.15) is 0 Å². The molecule has 1 aromatic carbocycles. The lowest BCUT2D eigenvalue weighted by Crippen LogP contribution is -2.41. The lowest BCUT2D eigenvalue weighted by atomic mass is 10.2. The lowest BCUT2D eigenvalue weighted by molar-refractivity contribution is 0.0527. The SMILES string of the molecule is CCNC(=NCCCNC(=O)OC(C)(C)C)NCCNC(=O)c1ccccc1O.I. The van der Waals surface area contributed by atoms with Gasteiger partial charge in [-0.05, 0) is 46.2 Å². The Kier molecular flexibility index (Phi) is 13.6. The van der Waals surface area contributed by atoms with Gasteiger partial charge >= 0.3 is 6.09 Å². The quantitative estimate of drug-likeness (QED) is 0.143. The molecule has 5 N–H and O–H groups in total. The largest absolute Gasteiger partial charge is 0.507 e. The summed E-state index contributed by atoms with van der Waals surface area (Å²) in [5.74, 6) is 0.245. The molecule has 0 unspecified atom stereocenters. The highest BCUT2D eigenvalue weighted by Gasteiger charge is 2.15. The molecule has 2 amide bonds. The number of alkyl carbamates (subject to hydrolysis) is 1. The van der Waals surface area contributed by atoms with Gasteiger partial charge in [0.05, 0.1) is 5.56 Å². The molecule has 170 valence electrons. The fourth-order valence-electron chi connectivity index (χ4n) is 2.23. The van der Waals surface area contributed by atoms with Crippen LogP contribution in [0.25, 0.3) is 0 Å². The van der Waals surface area contributed by atoms with Crippen LogP contribution in [0.3, 0.4) is 0 Å². The number of halogens is 1. The maximum Gasteiger partial charge on any atom is 0.407 e. The van der Waals surface area contributed by atoms with Crippen LogP contribution < -0.4 is 21.3 Å². The van der Waals surface area contributed by atoms with Crippen LogP contribution in [0, 0.1) is 0 Å². The number of benzene rings is 1. The summed E-state index contributed by atoms with van der Waals surface area (Å²) in [4.78, 5) is 28.0. The molecule has 0 aliphatic rings. The molecule has 0 fully saturated rings. The molecule has 0 heterocycles. The molecule has 9 nitrogen and oxygen atoms in total. The summed E-state index contributed by atoms with van der Waals surface area (Å²) in [5.41, 5.74) is -0.274. The minimum atomic E-state index is -0.515. The molecule has 30 heavy (non-hydrogen) atoms. The molecule has 0 saturated carbocycles. The first-order chi connectivity index (χ1) is 13.7. The molecule has 1 aromatic rings. The Bertz CT molecular complexity index is 692. The summed E-state index contributed by atoms with van der Waals surface area (Å²) in [6.45, 7) is 9.94. The van der Waals surface area contributed by atoms with Crippen LogP contribution in [-0.2, 0) is 4.74 Å². The fourth-order valence-corrected chi connectivity index (χ4v) is 2.23. The Morgan fingerprint density at radius 3 is 2.33 bits per heavy atom. The third-order valence-electron chi connectivity index (χ3n) is 3.47. The zero-order valence-corrected chi connectivity index (χ0v) is 20.4. The summed E-state index contributed by atoms with van der Waals surface area (Å²) < 4.78 is 5.17. The molecule has 0 radical (unpaired) electrons. The number of carbonyl (C=O) groups is 2. The highest BCUT2D eigenvalue weighted by atomic mass is 127. The molecule has 10 heteroatoms. The molecule has 0 bridgehead atoms. The topological polar surface area (TPSA) is 124 Å². The van der Waals surface area contributed by atoms with Gasteiger partial charge in [0.2, 0.25) is 0 Å². The standard InChI is InChI=1S/C20H33N5O4.HI/c1-5-21-18(23-11-8-12-25-19(28)29-20(2,3)4)24-14-13-22-17(27)15-9-6-7-10-16(15)26;/h6-7,9-10,26H,5,8,11-14H2,1-4H3,(H,22,27)(H,25,28)(H2,21,23,24);1H. The molecular weight excluding hydrogens is 501 g/mol. The van der Waals surface area contributed by atoms with E-state index in [0.717, 1.165) is 0 Å². The van der Waals surface area contributed by atoms with Gasteiger partial charge in [0, 0.05) is 32.7 Å². The zero-order chi connectivity index (χ0) is 21.7. The van der Waals surface area contributed by atoms with Crippen LogP contribution in [0.4, 0.5) is 4.79 Å². The van der Waals surface area contributed by atoms with E-state index in [-0.39, 0.29) is 41.2 Å². The van der Waals surface area contributed by atoms with E-state index in [2.05, 4.69) is 26.3 Å². The number of aromatic hydroxyl groups is 1. The van der Waals surface area contributed by atoms with Gasteiger partial charge in [0.15, 0.2) is 5.96 Å². The summed E-state index contributed by atoms with van der Waals surface area (Å²) >= 11 is 0. The minimum absolute atomic E-state index is 0. The Morgan fingerprint density at radius 2 is 1.70 bits per heavy atom. The number of aliphatic imine (C=N–C) groups is 1. The van der Waals surface area contributed by atoms with Crippen LogP contribution in [0.5, 0.6) is 5.75 Å².